The monoisotopic (exact) mass is 707 g/mol. The number of hydrogen-bond donors (Lipinski definition) is 3. The molecule has 1 aromatic carbocycles. The summed E-state index contributed by atoms with van der Waals surface area (Å²) >= 11 is 0. The van der Waals surface area contributed by atoms with E-state index in [-0.39, 0.29) is 53.9 Å². The second-order valence-electron chi connectivity index (χ2n) is 14.2. The topological polar surface area (TPSA) is 164 Å². The van der Waals surface area contributed by atoms with Crippen LogP contribution >= 0.6 is 0 Å². The van der Waals surface area contributed by atoms with Crippen LogP contribution < -0.4 is 20.7 Å². The number of alkyl carbamates (subject to hydrolysis) is 1. The van der Waals surface area contributed by atoms with Crippen LogP contribution in [0.3, 0.4) is 0 Å². The van der Waals surface area contributed by atoms with Gasteiger partial charge in [0.25, 0.3) is 11.8 Å². The van der Waals surface area contributed by atoms with Gasteiger partial charge in [0, 0.05) is 37.8 Å². The highest BCUT2D eigenvalue weighted by Gasteiger charge is 2.36. The van der Waals surface area contributed by atoms with Crippen LogP contribution in [0, 0.1) is 5.92 Å². The summed E-state index contributed by atoms with van der Waals surface area (Å²) in [5.41, 5.74) is 0.657. The number of unbranched alkanes of at least 4 members (excludes halogenated alkanes) is 1. The molecule has 3 fully saturated rings. The van der Waals surface area contributed by atoms with Gasteiger partial charge < -0.3 is 35.2 Å². The van der Waals surface area contributed by atoms with Gasteiger partial charge in [0.05, 0.1) is 12.3 Å². The van der Waals surface area contributed by atoms with Crippen LogP contribution in [0.25, 0.3) is 5.69 Å². The first-order chi connectivity index (χ1) is 24.6. The van der Waals surface area contributed by atoms with Crippen molar-refractivity contribution in [1.29, 1.82) is 0 Å². The highest BCUT2D eigenvalue weighted by molar-refractivity contribution is 5.96. The summed E-state index contributed by atoms with van der Waals surface area (Å²) in [4.78, 5) is 69.1. The van der Waals surface area contributed by atoms with Crippen LogP contribution in [0.15, 0.2) is 36.4 Å². The van der Waals surface area contributed by atoms with Crippen molar-refractivity contribution >= 4 is 29.7 Å². The molecule has 3 aliphatic rings. The Labute approximate surface area is 300 Å². The van der Waals surface area contributed by atoms with Crippen LogP contribution in [-0.4, -0.2) is 106 Å². The molecule has 0 bridgehead atoms. The Kier molecular flexibility index (Phi) is 13.3. The van der Waals surface area contributed by atoms with E-state index in [4.69, 9.17) is 9.47 Å². The maximum Gasteiger partial charge on any atom is 0.407 e. The third-order valence-corrected chi connectivity index (χ3v) is 9.75. The molecule has 1 aromatic heterocycles. The highest BCUT2D eigenvalue weighted by Crippen LogP contribution is 2.24. The van der Waals surface area contributed by atoms with Crippen LogP contribution in [-0.2, 0) is 19.1 Å². The quantitative estimate of drug-likeness (QED) is 0.237. The summed E-state index contributed by atoms with van der Waals surface area (Å²) in [6, 6.07) is 9.38. The molecule has 1 saturated carbocycles. The van der Waals surface area contributed by atoms with Crippen LogP contribution in [0.1, 0.15) is 95.5 Å². The van der Waals surface area contributed by atoms with E-state index in [1.54, 1.807) is 21.9 Å². The van der Waals surface area contributed by atoms with E-state index < -0.39 is 24.1 Å². The van der Waals surface area contributed by atoms with Gasteiger partial charge in [-0.25, -0.2) is 9.48 Å². The van der Waals surface area contributed by atoms with Crippen molar-refractivity contribution in [3.8, 4) is 11.6 Å². The van der Waals surface area contributed by atoms with Crippen molar-refractivity contribution in [3.63, 3.8) is 0 Å². The Balaban J connectivity index is 1.22. The average Bonchev–Trinajstić information content (AvgIpc) is 3.77. The number of ether oxygens (including phenoxy) is 2. The number of nitrogens with one attached hydrogen (secondary N) is 3. The van der Waals surface area contributed by atoms with Crippen molar-refractivity contribution in [3.05, 3.63) is 42.1 Å². The number of aromatic nitrogens is 2. The number of carbonyl (C=O) groups excluding carboxylic acids is 5. The zero-order valence-corrected chi connectivity index (χ0v) is 30.1. The lowest BCUT2D eigenvalue weighted by molar-refractivity contribution is -0.140. The SMILES string of the molecule is CCCCOC(=O)NC1CCN(C(=O)C(CC(C)C)NC(=O)c2cc(OCC(=O)N3CCCC3C(=O)NC3CCC3)n(-c3ccccc3)n2)CC1. The summed E-state index contributed by atoms with van der Waals surface area (Å²) < 4.78 is 12.7. The predicted molar refractivity (Wildman–Crippen MR) is 189 cm³/mol. The average molecular weight is 708 g/mol. The molecule has 14 heteroatoms. The van der Waals surface area contributed by atoms with Gasteiger partial charge in [0.2, 0.25) is 17.7 Å². The maximum absolute atomic E-state index is 13.7. The van der Waals surface area contributed by atoms with Crippen LogP contribution in [0.2, 0.25) is 0 Å². The molecule has 0 radical (unpaired) electrons. The maximum atomic E-state index is 13.7. The van der Waals surface area contributed by atoms with Gasteiger partial charge >= 0.3 is 6.09 Å². The van der Waals surface area contributed by atoms with Crippen molar-refractivity contribution in [2.75, 3.05) is 32.8 Å². The molecule has 5 amide bonds. The number of likely N-dealkylation sites (tertiary alicyclic amines) is 2. The number of benzene rings is 1. The first-order valence-corrected chi connectivity index (χ1v) is 18.5. The summed E-state index contributed by atoms with van der Waals surface area (Å²) in [6.07, 6.45) is 7.29. The second kappa shape index (κ2) is 18.0. The van der Waals surface area contributed by atoms with E-state index >= 15 is 0 Å². The van der Waals surface area contributed by atoms with Gasteiger partial charge in [-0.05, 0) is 75.8 Å². The molecule has 1 aliphatic carbocycles. The Bertz CT molecular complexity index is 1500. The number of nitrogens with zero attached hydrogens (tertiary/aromatic N) is 4. The molecule has 3 N–H and O–H groups in total. The molecule has 2 atom stereocenters. The van der Waals surface area contributed by atoms with Gasteiger partial charge in [-0.3, -0.25) is 19.2 Å². The zero-order chi connectivity index (χ0) is 36.3. The number of hydrogen-bond acceptors (Lipinski definition) is 8. The van der Waals surface area contributed by atoms with Crippen molar-refractivity contribution in [2.45, 2.75) is 109 Å². The Morgan fingerprint density at radius 1 is 0.922 bits per heavy atom. The van der Waals surface area contributed by atoms with Crippen LogP contribution in [0.4, 0.5) is 4.79 Å². The Morgan fingerprint density at radius 2 is 1.65 bits per heavy atom. The first-order valence-electron chi connectivity index (χ1n) is 18.5. The van der Waals surface area contributed by atoms with Crippen LogP contribution in [0.5, 0.6) is 5.88 Å². The van der Waals surface area contributed by atoms with Crippen molar-refractivity contribution in [1.82, 2.24) is 35.5 Å². The Morgan fingerprint density at radius 3 is 2.31 bits per heavy atom. The van der Waals surface area contributed by atoms with Gasteiger partial charge in [0.1, 0.15) is 12.1 Å². The van der Waals surface area contributed by atoms with Gasteiger partial charge in [-0.15, -0.1) is 0 Å². The lowest BCUT2D eigenvalue weighted by Gasteiger charge is -2.34. The molecule has 2 unspecified atom stereocenters. The number of rotatable bonds is 15. The standard InChI is InChI=1S/C37H53N7O7/c1-4-5-21-50-37(49)39-27-16-19-42(20-17-27)36(48)30(22-25(2)3)40-34(46)29-23-33(44(41-29)28-13-7-6-8-14-28)51-24-32(45)43-18-10-15-31(43)35(47)38-26-11-9-12-26/h6-8,13-14,23,25-27,30-31H,4-5,9-12,15-22,24H2,1-3H3,(H,38,47)(H,39,49)(H,40,46). The molecule has 2 aliphatic heterocycles. The normalized spacial score (nSPS) is 18.5. The van der Waals surface area contributed by atoms with E-state index in [0.29, 0.717) is 57.6 Å². The number of para-hydroxylation sites is 1. The molecule has 2 aromatic rings. The molecule has 14 nitrogen and oxygen atoms in total. The molecule has 2 saturated heterocycles. The summed E-state index contributed by atoms with van der Waals surface area (Å²) in [6.45, 7) is 7.41. The molecule has 5 rings (SSSR count). The zero-order valence-electron chi connectivity index (χ0n) is 30.1. The fourth-order valence-corrected chi connectivity index (χ4v) is 6.65. The fourth-order valence-electron chi connectivity index (χ4n) is 6.65. The third kappa shape index (κ3) is 10.2. The van der Waals surface area contributed by atoms with E-state index in [0.717, 1.165) is 38.5 Å². The number of carbonyl (C=O) groups is 5. The molecule has 278 valence electrons. The molecule has 3 heterocycles. The predicted octanol–water partition coefficient (Wildman–Crippen LogP) is 3.57. The first kappa shape index (κ1) is 37.6. The minimum atomic E-state index is -0.785. The van der Waals surface area contributed by atoms with E-state index in [2.05, 4.69) is 21.0 Å². The number of piperidine rings is 1. The minimum Gasteiger partial charge on any atom is -0.467 e. The van der Waals surface area contributed by atoms with Crippen molar-refractivity contribution in [2.24, 2.45) is 5.92 Å². The second-order valence-corrected chi connectivity index (χ2v) is 14.2. The molecular weight excluding hydrogens is 654 g/mol. The van der Waals surface area contributed by atoms with Crippen molar-refractivity contribution < 1.29 is 33.4 Å². The van der Waals surface area contributed by atoms with Gasteiger partial charge in [-0.1, -0.05) is 45.4 Å². The minimum absolute atomic E-state index is 0.0336. The third-order valence-electron chi connectivity index (χ3n) is 9.75. The summed E-state index contributed by atoms with van der Waals surface area (Å²) in [7, 11) is 0. The smallest absolute Gasteiger partial charge is 0.407 e. The molecule has 0 spiro atoms. The number of amides is 5. The summed E-state index contributed by atoms with van der Waals surface area (Å²) in [5.74, 6) is -0.862. The Hall–Kier alpha value is -4.62. The highest BCUT2D eigenvalue weighted by atomic mass is 16.5. The van der Waals surface area contributed by atoms with E-state index in [1.165, 1.54) is 10.7 Å². The van der Waals surface area contributed by atoms with Gasteiger partial charge in [-0.2, -0.15) is 5.10 Å². The molecular formula is C37H53N7O7. The van der Waals surface area contributed by atoms with Gasteiger partial charge in [0.15, 0.2) is 12.3 Å². The summed E-state index contributed by atoms with van der Waals surface area (Å²) in [5, 5.41) is 13.4. The lowest BCUT2D eigenvalue weighted by Crippen LogP contribution is -2.53. The largest absolute Gasteiger partial charge is 0.467 e. The fraction of sp³-hybridized carbons (Fsp3) is 0.622. The lowest BCUT2D eigenvalue weighted by atomic mass is 9.93. The van der Waals surface area contributed by atoms with E-state index in [1.807, 2.05) is 39.0 Å². The van der Waals surface area contributed by atoms with E-state index in [9.17, 15) is 24.0 Å². The molecule has 51 heavy (non-hydrogen) atoms.